The van der Waals surface area contributed by atoms with Crippen LogP contribution in [0.15, 0.2) is 65.7 Å². The molecule has 0 atom stereocenters. The van der Waals surface area contributed by atoms with Crippen LogP contribution in [-0.2, 0) is 0 Å². The number of hydrogen-bond acceptors (Lipinski definition) is 4. The number of benzene rings is 2. The van der Waals surface area contributed by atoms with E-state index in [-0.39, 0.29) is 11.5 Å². The van der Waals surface area contributed by atoms with Crippen molar-refractivity contribution in [2.75, 3.05) is 11.1 Å². The van der Waals surface area contributed by atoms with Gasteiger partial charge in [0.15, 0.2) is 0 Å². The Kier molecular flexibility index (Phi) is 5.40. The minimum atomic E-state index is -0.443. The number of nitrogens with one attached hydrogen (secondary N) is 1. The van der Waals surface area contributed by atoms with Crippen LogP contribution < -0.4 is 5.32 Å². The summed E-state index contributed by atoms with van der Waals surface area (Å²) in [6, 6.07) is 16.7. The molecule has 0 aliphatic rings. The molecule has 0 radical (unpaired) electrons. The molecule has 4 nitrogen and oxygen atoms in total. The first kappa shape index (κ1) is 17.1. The number of amides is 1. The van der Waals surface area contributed by atoms with Gasteiger partial charge in [0.05, 0.1) is 5.69 Å². The van der Waals surface area contributed by atoms with E-state index >= 15 is 0 Å². The van der Waals surface area contributed by atoms with Crippen molar-refractivity contribution >= 4 is 23.4 Å². The van der Waals surface area contributed by atoms with E-state index in [9.17, 15) is 9.18 Å². The fourth-order valence-corrected chi connectivity index (χ4v) is 2.85. The molecule has 0 aliphatic heterocycles. The second-order valence-electron chi connectivity index (χ2n) is 5.24. The molecule has 1 aromatic heterocycles. The Balaban J connectivity index is 1.78. The zero-order chi connectivity index (χ0) is 17.6. The maximum Gasteiger partial charge on any atom is 0.255 e. The predicted molar refractivity (Wildman–Crippen MR) is 98.2 cm³/mol. The van der Waals surface area contributed by atoms with Gasteiger partial charge in [-0.3, -0.25) is 4.79 Å². The highest BCUT2D eigenvalue weighted by Crippen LogP contribution is 2.22. The maximum atomic E-state index is 13.2. The van der Waals surface area contributed by atoms with Gasteiger partial charge in [0.1, 0.15) is 10.8 Å². The Labute approximate surface area is 149 Å². The first-order chi connectivity index (χ1) is 12.2. The predicted octanol–water partition coefficient (Wildman–Crippen LogP) is 4.65. The van der Waals surface area contributed by atoms with Gasteiger partial charge in [-0.1, -0.05) is 25.1 Å². The summed E-state index contributed by atoms with van der Waals surface area (Å²) >= 11 is 1.63. The highest BCUT2D eigenvalue weighted by Gasteiger charge is 2.08. The minimum absolute atomic E-state index is 0.270. The Morgan fingerprint density at radius 3 is 2.64 bits per heavy atom. The lowest BCUT2D eigenvalue weighted by Crippen LogP contribution is -2.12. The van der Waals surface area contributed by atoms with Crippen LogP contribution in [0.1, 0.15) is 17.3 Å². The van der Waals surface area contributed by atoms with Gasteiger partial charge < -0.3 is 5.32 Å². The van der Waals surface area contributed by atoms with Gasteiger partial charge in [0.25, 0.3) is 5.91 Å². The summed E-state index contributed by atoms with van der Waals surface area (Å²) in [5, 5.41) is 12.0. The number of anilines is 1. The Hall–Kier alpha value is -2.73. The third-order valence-electron chi connectivity index (χ3n) is 3.44. The zero-order valence-electron chi connectivity index (χ0n) is 13.6. The molecule has 1 heterocycles. The van der Waals surface area contributed by atoms with Crippen molar-refractivity contribution in [1.82, 2.24) is 10.2 Å². The van der Waals surface area contributed by atoms with E-state index in [0.29, 0.717) is 5.69 Å². The summed E-state index contributed by atoms with van der Waals surface area (Å²) in [6.45, 7) is 2.06. The first-order valence-corrected chi connectivity index (χ1v) is 8.78. The van der Waals surface area contributed by atoms with Crippen LogP contribution >= 0.6 is 11.8 Å². The van der Waals surface area contributed by atoms with Crippen LogP contribution in [0.2, 0.25) is 0 Å². The molecule has 0 saturated heterocycles. The summed E-state index contributed by atoms with van der Waals surface area (Å²) in [6.07, 6.45) is 0. The van der Waals surface area contributed by atoms with E-state index < -0.39 is 5.82 Å². The van der Waals surface area contributed by atoms with E-state index in [1.165, 1.54) is 18.2 Å². The molecule has 1 amide bonds. The second kappa shape index (κ2) is 7.90. The van der Waals surface area contributed by atoms with Gasteiger partial charge in [-0.25, -0.2) is 4.39 Å². The quantitative estimate of drug-likeness (QED) is 0.679. The van der Waals surface area contributed by atoms with E-state index in [0.717, 1.165) is 22.0 Å². The highest BCUT2D eigenvalue weighted by molar-refractivity contribution is 7.99. The van der Waals surface area contributed by atoms with Crippen molar-refractivity contribution in [3.8, 4) is 11.3 Å². The molecular weight excluding hydrogens is 337 g/mol. The monoisotopic (exact) mass is 353 g/mol. The third-order valence-corrected chi connectivity index (χ3v) is 4.24. The van der Waals surface area contributed by atoms with Crippen molar-refractivity contribution in [3.63, 3.8) is 0 Å². The molecule has 126 valence electrons. The van der Waals surface area contributed by atoms with Gasteiger partial charge in [0.2, 0.25) is 0 Å². The average molecular weight is 353 g/mol. The first-order valence-electron chi connectivity index (χ1n) is 7.79. The fourth-order valence-electron chi connectivity index (χ4n) is 2.29. The minimum Gasteiger partial charge on any atom is -0.322 e. The normalized spacial score (nSPS) is 10.5. The molecule has 1 N–H and O–H groups in total. The molecule has 6 heteroatoms. The van der Waals surface area contributed by atoms with Crippen LogP contribution in [0, 0.1) is 5.82 Å². The standard InChI is InChI=1S/C19H16FN3OS/c1-2-25-18-10-9-17(22-23-18)13-5-4-8-16(12-13)21-19(24)14-6-3-7-15(20)11-14/h3-12H,2H2,1H3,(H,21,24). The van der Waals surface area contributed by atoms with Gasteiger partial charge in [0, 0.05) is 16.8 Å². The molecule has 3 aromatic rings. The Morgan fingerprint density at radius 2 is 1.92 bits per heavy atom. The number of nitrogens with zero attached hydrogens (tertiary/aromatic N) is 2. The molecule has 2 aromatic carbocycles. The molecule has 0 spiro atoms. The number of carbonyl (C=O) groups excluding carboxylic acids is 1. The van der Waals surface area contributed by atoms with Crippen LogP contribution in [0.3, 0.4) is 0 Å². The molecule has 0 fully saturated rings. The largest absolute Gasteiger partial charge is 0.322 e. The van der Waals surface area contributed by atoms with Crippen molar-refractivity contribution in [1.29, 1.82) is 0 Å². The molecule has 0 unspecified atom stereocenters. The zero-order valence-corrected chi connectivity index (χ0v) is 14.4. The lowest BCUT2D eigenvalue weighted by Gasteiger charge is -2.07. The SMILES string of the molecule is CCSc1ccc(-c2cccc(NC(=O)c3cccc(F)c3)c2)nn1. The van der Waals surface area contributed by atoms with Crippen molar-refractivity contribution in [3.05, 3.63) is 72.0 Å². The van der Waals surface area contributed by atoms with E-state index in [4.69, 9.17) is 0 Å². The summed E-state index contributed by atoms with van der Waals surface area (Å²) in [7, 11) is 0. The van der Waals surface area contributed by atoms with Crippen LogP contribution in [-0.4, -0.2) is 21.9 Å². The van der Waals surface area contributed by atoms with Crippen molar-refractivity contribution in [2.24, 2.45) is 0 Å². The Morgan fingerprint density at radius 1 is 1.08 bits per heavy atom. The van der Waals surface area contributed by atoms with Crippen LogP contribution in [0.25, 0.3) is 11.3 Å². The molecule has 3 rings (SSSR count). The number of rotatable bonds is 5. The van der Waals surface area contributed by atoms with Crippen LogP contribution in [0.5, 0.6) is 0 Å². The van der Waals surface area contributed by atoms with Crippen LogP contribution in [0.4, 0.5) is 10.1 Å². The second-order valence-corrected chi connectivity index (χ2v) is 6.52. The van der Waals surface area contributed by atoms with E-state index in [1.807, 2.05) is 30.3 Å². The van der Waals surface area contributed by atoms with Gasteiger partial charge in [-0.05, 0) is 48.2 Å². The van der Waals surface area contributed by atoms with E-state index in [1.54, 1.807) is 23.9 Å². The number of aromatic nitrogens is 2. The Bertz CT molecular complexity index is 884. The smallest absolute Gasteiger partial charge is 0.255 e. The number of thioether (sulfide) groups is 1. The maximum absolute atomic E-state index is 13.2. The highest BCUT2D eigenvalue weighted by atomic mass is 32.2. The third kappa shape index (κ3) is 4.42. The fraction of sp³-hybridized carbons (Fsp3) is 0.105. The number of halogens is 1. The molecule has 0 saturated carbocycles. The lowest BCUT2D eigenvalue weighted by atomic mass is 10.1. The molecule has 25 heavy (non-hydrogen) atoms. The van der Waals surface area contributed by atoms with Gasteiger partial charge in [-0.15, -0.1) is 22.0 Å². The summed E-state index contributed by atoms with van der Waals surface area (Å²) in [4.78, 5) is 12.2. The number of carbonyl (C=O) groups is 1. The molecule has 0 bridgehead atoms. The summed E-state index contributed by atoms with van der Waals surface area (Å²) in [5.41, 5.74) is 2.45. The average Bonchev–Trinajstić information content (AvgIpc) is 2.63. The number of hydrogen-bond donors (Lipinski definition) is 1. The van der Waals surface area contributed by atoms with Crippen molar-refractivity contribution < 1.29 is 9.18 Å². The summed E-state index contributed by atoms with van der Waals surface area (Å²) < 4.78 is 13.2. The lowest BCUT2D eigenvalue weighted by molar-refractivity contribution is 0.102. The van der Waals surface area contributed by atoms with Gasteiger partial charge >= 0.3 is 0 Å². The molecular formula is C19H16FN3OS. The summed E-state index contributed by atoms with van der Waals surface area (Å²) in [5.74, 6) is 0.134. The molecule has 0 aliphatic carbocycles. The van der Waals surface area contributed by atoms with Crippen molar-refractivity contribution in [2.45, 2.75) is 11.9 Å². The van der Waals surface area contributed by atoms with Gasteiger partial charge in [-0.2, -0.15) is 0 Å². The topological polar surface area (TPSA) is 54.9 Å². The van der Waals surface area contributed by atoms with E-state index in [2.05, 4.69) is 22.4 Å².